The summed E-state index contributed by atoms with van der Waals surface area (Å²) in [5.74, 6) is 0. The number of aromatic nitrogens is 3. The van der Waals surface area contributed by atoms with E-state index in [0.29, 0.717) is 19.5 Å². The van der Waals surface area contributed by atoms with Crippen molar-refractivity contribution in [1.82, 2.24) is 19.4 Å². The highest BCUT2D eigenvalue weighted by Gasteiger charge is 2.23. The fourth-order valence-corrected chi connectivity index (χ4v) is 4.97. The number of hydrogen-bond acceptors (Lipinski definition) is 6. The maximum atomic E-state index is 13.1. The van der Waals surface area contributed by atoms with E-state index in [4.69, 9.17) is 0 Å². The zero-order valence-corrected chi connectivity index (χ0v) is 17.1. The van der Waals surface area contributed by atoms with Crippen LogP contribution in [0.15, 0.2) is 40.4 Å². The summed E-state index contributed by atoms with van der Waals surface area (Å²) in [6.45, 7) is 2.67. The maximum absolute atomic E-state index is 13.1. The highest BCUT2D eigenvalue weighted by molar-refractivity contribution is 7.90. The molecule has 3 aromatic rings. The molecule has 0 saturated heterocycles. The summed E-state index contributed by atoms with van der Waals surface area (Å²) in [4.78, 5) is 23.6. The second-order valence-corrected chi connectivity index (χ2v) is 9.85. The highest BCUT2D eigenvalue weighted by atomic mass is 32.2. The van der Waals surface area contributed by atoms with Gasteiger partial charge in [-0.1, -0.05) is 18.2 Å². The lowest BCUT2D eigenvalue weighted by molar-refractivity contribution is 0.240. The first-order valence-corrected chi connectivity index (χ1v) is 11.7. The van der Waals surface area contributed by atoms with Crippen molar-refractivity contribution < 1.29 is 8.42 Å². The van der Waals surface area contributed by atoms with Crippen LogP contribution in [-0.4, -0.2) is 40.7 Å². The molecular formula is C21H22N4O3S. The van der Waals surface area contributed by atoms with Crippen LogP contribution in [0.25, 0.3) is 10.9 Å². The Balaban J connectivity index is 1.46. The molecule has 0 bridgehead atoms. The molecule has 1 aromatic carbocycles. The summed E-state index contributed by atoms with van der Waals surface area (Å²) < 4.78 is 25.3. The van der Waals surface area contributed by atoms with Crippen LogP contribution in [-0.2, 0) is 42.3 Å². The molecule has 29 heavy (non-hydrogen) atoms. The maximum Gasteiger partial charge on any atom is 0.255 e. The molecule has 0 saturated carbocycles. The number of hydrogen-bond donors (Lipinski definition) is 0. The van der Waals surface area contributed by atoms with Gasteiger partial charge in [0.15, 0.2) is 0 Å². The van der Waals surface area contributed by atoms with Crippen LogP contribution in [0.5, 0.6) is 0 Å². The van der Waals surface area contributed by atoms with Crippen LogP contribution >= 0.6 is 0 Å². The van der Waals surface area contributed by atoms with E-state index in [2.05, 4.69) is 33.1 Å². The lowest BCUT2D eigenvalue weighted by atomic mass is 9.99. The average Bonchev–Trinajstić information content (AvgIpc) is 2.70. The van der Waals surface area contributed by atoms with Crippen LogP contribution in [0.2, 0.25) is 0 Å². The first-order chi connectivity index (χ1) is 13.9. The highest BCUT2D eigenvalue weighted by Crippen LogP contribution is 2.25. The minimum Gasteiger partial charge on any atom is -0.308 e. The van der Waals surface area contributed by atoms with Gasteiger partial charge in [-0.3, -0.25) is 9.69 Å². The van der Waals surface area contributed by atoms with E-state index in [1.807, 2.05) is 10.6 Å². The number of rotatable bonds is 3. The molecule has 0 amide bonds. The number of sulfone groups is 1. The molecule has 0 aliphatic carbocycles. The van der Waals surface area contributed by atoms with E-state index >= 15 is 0 Å². The monoisotopic (exact) mass is 410 g/mol. The molecule has 150 valence electrons. The quantitative estimate of drug-likeness (QED) is 0.611. The molecule has 4 heterocycles. The van der Waals surface area contributed by atoms with Crippen molar-refractivity contribution in [2.75, 3.05) is 12.8 Å². The molecule has 7 nitrogen and oxygen atoms in total. The van der Waals surface area contributed by atoms with E-state index in [1.54, 1.807) is 6.20 Å². The van der Waals surface area contributed by atoms with Gasteiger partial charge in [0.25, 0.3) is 5.56 Å². The Morgan fingerprint density at radius 2 is 2.00 bits per heavy atom. The SMILES string of the molecule is CS(=O)(=O)c1ncc2c(n1)CCN(Cc1cc3cccc4c3n(c1=O)CCC4)C2. The molecule has 8 heteroatoms. The zero-order chi connectivity index (χ0) is 20.2. The largest absolute Gasteiger partial charge is 0.308 e. The first-order valence-electron chi connectivity index (χ1n) is 9.82. The summed E-state index contributed by atoms with van der Waals surface area (Å²) >= 11 is 0. The third-order valence-corrected chi connectivity index (χ3v) is 6.67. The van der Waals surface area contributed by atoms with Gasteiger partial charge in [0.05, 0.1) is 11.2 Å². The number of para-hydroxylation sites is 1. The van der Waals surface area contributed by atoms with Crippen molar-refractivity contribution >= 4 is 20.7 Å². The normalized spacial score (nSPS) is 16.7. The van der Waals surface area contributed by atoms with E-state index < -0.39 is 9.84 Å². The van der Waals surface area contributed by atoms with Crippen molar-refractivity contribution in [3.8, 4) is 0 Å². The summed E-state index contributed by atoms with van der Waals surface area (Å²) in [7, 11) is -3.41. The van der Waals surface area contributed by atoms with E-state index in [9.17, 15) is 13.2 Å². The predicted octanol–water partition coefficient (Wildman–Crippen LogP) is 1.70. The molecule has 0 spiro atoms. The Labute approximate surface area is 168 Å². The second kappa shape index (κ2) is 6.74. The summed E-state index contributed by atoms with van der Waals surface area (Å²) in [5.41, 5.74) is 4.94. The summed E-state index contributed by atoms with van der Waals surface area (Å²) in [6, 6.07) is 8.29. The fourth-order valence-electron chi connectivity index (χ4n) is 4.45. The Hall–Kier alpha value is -2.58. The third kappa shape index (κ3) is 3.26. The molecule has 0 fully saturated rings. The summed E-state index contributed by atoms with van der Waals surface area (Å²) in [6.07, 6.45) is 5.39. The minimum atomic E-state index is -3.41. The van der Waals surface area contributed by atoms with Gasteiger partial charge < -0.3 is 4.57 Å². The molecule has 2 aromatic heterocycles. The number of aryl methyl sites for hydroxylation is 2. The molecule has 0 atom stereocenters. The molecule has 2 aliphatic heterocycles. The smallest absolute Gasteiger partial charge is 0.255 e. The lowest BCUT2D eigenvalue weighted by Crippen LogP contribution is -2.35. The Bertz CT molecular complexity index is 1300. The van der Waals surface area contributed by atoms with E-state index in [0.717, 1.165) is 59.9 Å². The van der Waals surface area contributed by atoms with Crippen molar-refractivity contribution in [1.29, 1.82) is 0 Å². The molecule has 0 unspecified atom stereocenters. The fraction of sp³-hybridized carbons (Fsp3) is 0.381. The lowest BCUT2D eigenvalue weighted by Gasteiger charge is -2.28. The third-order valence-electron chi connectivity index (χ3n) is 5.81. The topological polar surface area (TPSA) is 85.2 Å². The van der Waals surface area contributed by atoms with Gasteiger partial charge in [-0.2, -0.15) is 0 Å². The van der Waals surface area contributed by atoms with Gasteiger partial charge in [-0.05, 0) is 29.9 Å². The zero-order valence-electron chi connectivity index (χ0n) is 16.3. The van der Waals surface area contributed by atoms with Crippen LogP contribution in [0, 0.1) is 0 Å². The van der Waals surface area contributed by atoms with Crippen molar-refractivity contribution in [3.63, 3.8) is 0 Å². The summed E-state index contributed by atoms with van der Waals surface area (Å²) in [5, 5.41) is 1.00. The second-order valence-electron chi connectivity index (χ2n) is 7.94. The van der Waals surface area contributed by atoms with Gasteiger partial charge in [0.1, 0.15) is 0 Å². The standard InChI is InChI=1S/C21H22N4O3S/c1-29(27,28)21-22-11-17-13-24(9-7-18(17)23-21)12-16-10-15-5-2-4-14-6-3-8-25(19(14)15)20(16)26/h2,4-5,10-11H,3,6-9,12-13H2,1H3. The molecule has 0 N–H and O–H groups in total. The molecule has 5 rings (SSSR count). The Morgan fingerprint density at radius 3 is 2.83 bits per heavy atom. The first kappa shape index (κ1) is 18.4. The predicted molar refractivity (Wildman–Crippen MR) is 109 cm³/mol. The van der Waals surface area contributed by atoms with Gasteiger partial charge >= 0.3 is 0 Å². The number of benzene rings is 1. The number of nitrogens with zero attached hydrogens (tertiary/aromatic N) is 4. The van der Waals surface area contributed by atoms with E-state index in [-0.39, 0.29) is 10.7 Å². The molecule has 2 aliphatic rings. The van der Waals surface area contributed by atoms with Crippen LogP contribution < -0.4 is 5.56 Å². The van der Waals surface area contributed by atoms with Crippen LogP contribution in [0.1, 0.15) is 28.8 Å². The van der Waals surface area contributed by atoms with E-state index in [1.165, 1.54) is 5.56 Å². The van der Waals surface area contributed by atoms with Gasteiger partial charge in [-0.25, -0.2) is 18.4 Å². The Morgan fingerprint density at radius 1 is 1.14 bits per heavy atom. The molecular weight excluding hydrogens is 388 g/mol. The number of fused-ring (bicyclic) bond motifs is 1. The van der Waals surface area contributed by atoms with Gasteiger partial charge in [0.2, 0.25) is 15.0 Å². The van der Waals surface area contributed by atoms with Crippen LogP contribution in [0.4, 0.5) is 0 Å². The average molecular weight is 410 g/mol. The Kier molecular flexibility index (Phi) is 4.29. The van der Waals surface area contributed by atoms with Gasteiger partial charge in [-0.15, -0.1) is 0 Å². The van der Waals surface area contributed by atoms with Gasteiger partial charge in [0, 0.05) is 56.2 Å². The van der Waals surface area contributed by atoms with Crippen molar-refractivity contribution in [3.05, 3.63) is 63.2 Å². The minimum absolute atomic E-state index is 0.0964. The van der Waals surface area contributed by atoms with Crippen LogP contribution in [0.3, 0.4) is 0 Å². The van der Waals surface area contributed by atoms with Crippen molar-refractivity contribution in [2.45, 2.75) is 44.1 Å². The molecule has 0 radical (unpaired) electrons. The number of pyridine rings is 1. The van der Waals surface area contributed by atoms with Crippen molar-refractivity contribution in [2.24, 2.45) is 0 Å².